The number of rotatable bonds is 0. The smallest absolute Gasteiger partial charge is 0.0544 e. The Morgan fingerprint density at radius 1 is 1.18 bits per heavy atom. The molecule has 0 atom stereocenters. The Balaban J connectivity index is 0.000000605. The summed E-state index contributed by atoms with van der Waals surface area (Å²) < 4.78 is 5.21. The molecule has 1 heterocycles. The van der Waals surface area contributed by atoms with Crippen LogP contribution in [0.2, 0.25) is 0 Å². The van der Waals surface area contributed by atoms with E-state index >= 15 is 0 Å². The SMILES string of the molecule is Cl.NC1CCC2(CC1)COC2. The Hall–Kier alpha value is 0.210. The minimum absolute atomic E-state index is 0. The molecule has 2 nitrogen and oxygen atoms in total. The molecular formula is C8H16ClNO. The molecule has 0 aromatic carbocycles. The van der Waals surface area contributed by atoms with Gasteiger partial charge in [0.2, 0.25) is 0 Å². The van der Waals surface area contributed by atoms with Crippen molar-refractivity contribution < 1.29 is 4.74 Å². The maximum atomic E-state index is 5.79. The normalized spacial score (nSPS) is 29.2. The lowest BCUT2D eigenvalue weighted by molar-refractivity contribution is -0.132. The summed E-state index contributed by atoms with van der Waals surface area (Å²) in [6, 6.07) is 0.478. The summed E-state index contributed by atoms with van der Waals surface area (Å²) in [7, 11) is 0. The third-order valence-corrected chi connectivity index (χ3v) is 2.91. The summed E-state index contributed by atoms with van der Waals surface area (Å²) in [5, 5.41) is 0. The van der Waals surface area contributed by atoms with E-state index in [9.17, 15) is 0 Å². The Kier molecular flexibility index (Phi) is 2.79. The third-order valence-electron chi connectivity index (χ3n) is 2.91. The average Bonchev–Trinajstić information content (AvgIpc) is 1.86. The number of nitrogens with two attached hydrogens (primary N) is 1. The van der Waals surface area contributed by atoms with Crippen LogP contribution >= 0.6 is 12.4 Å². The van der Waals surface area contributed by atoms with E-state index in [0.717, 1.165) is 13.2 Å². The highest BCUT2D eigenvalue weighted by Gasteiger charge is 2.40. The molecule has 1 aliphatic carbocycles. The molecule has 2 N–H and O–H groups in total. The summed E-state index contributed by atoms with van der Waals surface area (Å²) in [6.45, 7) is 2.00. The van der Waals surface area contributed by atoms with Crippen LogP contribution in [0.4, 0.5) is 0 Å². The van der Waals surface area contributed by atoms with E-state index in [0.29, 0.717) is 11.5 Å². The summed E-state index contributed by atoms with van der Waals surface area (Å²) in [6.07, 6.45) is 5.02. The molecule has 1 saturated heterocycles. The van der Waals surface area contributed by atoms with Gasteiger partial charge in [0.1, 0.15) is 0 Å². The van der Waals surface area contributed by atoms with Gasteiger partial charge in [0.15, 0.2) is 0 Å². The van der Waals surface area contributed by atoms with E-state index < -0.39 is 0 Å². The summed E-state index contributed by atoms with van der Waals surface area (Å²) >= 11 is 0. The Morgan fingerprint density at radius 2 is 1.73 bits per heavy atom. The highest BCUT2D eigenvalue weighted by atomic mass is 35.5. The largest absolute Gasteiger partial charge is 0.380 e. The molecule has 0 radical (unpaired) electrons. The molecule has 66 valence electrons. The first kappa shape index (κ1) is 9.30. The average molecular weight is 178 g/mol. The van der Waals surface area contributed by atoms with Crippen molar-refractivity contribution in [2.45, 2.75) is 31.7 Å². The van der Waals surface area contributed by atoms with Crippen LogP contribution in [0.25, 0.3) is 0 Å². The van der Waals surface area contributed by atoms with Crippen molar-refractivity contribution in [3.05, 3.63) is 0 Å². The molecule has 0 unspecified atom stereocenters. The zero-order chi connectivity index (χ0) is 7.03. The van der Waals surface area contributed by atoms with Gasteiger partial charge in [-0.25, -0.2) is 0 Å². The van der Waals surface area contributed by atoms with Gasteiger partial charge < -0.3 is 10.5 Å². The van der Waals surface area contributed by atoms with Crippen LogP contribution in [0.15, 0.2) is 0 Å². The number of hydrogen-bond donors (Lipinski definition) is 1. The Labute approximate surface area is 73.9 Å². The highest BCUT2D eigenvalue weighted by molar-refractivity contribution is 5.85. The molecule has 2 rings (SSSR count). The van der Waals surface area contributed by atoms with Gasteiger partial charge in [-0.1, -0.05) is 0 Å². The van der Waals surface area contributed by atoms with Crippen LogP contribution in [-0.4, -0.2) is 19.3 Å². The zero-order valence-electron chi connectivity index (χ0n) is 6.71. The molecule has 2 aliphatic rings. The van der Waals surface area contributed by atoms with Crippen molar-refractivity contribution in [1.29, 1.82) is 0 Å². The second kappa shape index (κ2) is 3.30. The first-order valence-corrected chi connectivity index (χ1v) is 4.14. The van der Waals surface area contributed by atoms with Crippen molar-refractivity contribution in [1.82, 2.24) is 0 Å². The van der Waals surface area contributed by atoms with Gasteiger partial charge in [-0.15, -0.1) is 12.4 Å². The molecule has 1 aliphatic heterocycles. The van der Waals surface area contributed by atoms with E-state index in [4.69, 9.17) is 10.5 Å². The van der Waals surface area contributed by atoms with Crippen molar-refractivity contribution in [2.24, 2.45) is 11.1 Å². The molecule has 2 fully saturated rings. The molecular weight excluding hydrogens is 162 g/mol. The quantitative estimate of drug-likeness (QED) is 0.606. The van der Waals surface area contributed by atoms with Crippen LogP contribution in [0, 0.1) is 5.41 Å². The van der Waals surface area contributed by atoms with E-state index in [1.165, 1.54) is 25.7 Å². The molecule has 0 bridgehead atoms. The molecule has 3 heteroatoms. The second-order valence-corrected chi connectivity index (χ2v) is 3.83. The predicted octanol–water partition coefficient (Wildman–Crippen LogP) is 1.33. The maximum Gasteiger partial charge on any atom is 0.0544 e. The minimum atomic E-state index is 0. The van der Waals surface area contributed by atoms with Crippen LogP contribution in [0.3, 0.4) is 0 Å². The fraction of sp³-hybridized carbons (Fsp3) is 1.00. The van der Waals surface area contributed by atoms with E-state index in [1.807, 2.05) is 0 Å². The third kappa shape index (κ3) is 1.68. The zero-order valence-corrected chi connectivity index (χ0v) is 7.53. The Morgan fingerprint density at radius 3 is 2.09 bits per heavy atom. The Bertz CT molecular complexity index is 126. The molecule has 0 aromatic rings. The first-order valence-electron chi connectivity index (χ1n) is 4.14. The van der Waals surface area contributed by atoms with Gasteiger partial charge in [0.25, 0.3) is 0 Å². The van der Waals surface area contributed by atoms with E-state index in [2.05, 4.69) is 0 Å². The van der Waals surface area contributed by atoms with E-state index in [1.54, 1.807) is 0 Å². The highest BCUT2D eigenvalue weighted by Crippen LogP contribution is 2.41. The minimum Gasteiger partial charge on any atom is -0.380 e. The predicted molar refractivity (Wildman–Crippen MR) is 46.9 cm³/mol. The molecule has 11 heavy (non-hydrogen) atoms. The van der Waals surface area contributed by atoms with E-state index in [-0.39, 0.29) is 12.4 Å². The lowest BCUT2D eigenvalue weighted by atomic mass is 9.71. The number of ether oxygens (including phenoxy) is 1. The molecule has 0 amide bonds. The lowest BCUT2D eigenvalue weighted by Crippen LogP contribution is -2.47. The van der Waals surface area contributed by atoms with Crippen LogP contribution < -0.4 is 5.73 Å². The van der Waals surface area contributed by atoms with Gasteiger partial charge >= 0.3 is 0 Å². The maximum absolute atomic E-state index is 5.79. The van der Waals surface area contributed by atoms with Crippen molar-refractivity contribution in [3.8, 4) is 0 Å². The topological polar surface area (TPSA) is 35.2 Å². The lowest BCUT2D eigenvalue weighted by Gasteiger charge is -2.45. The van der Waals surface area contributed by atoms with Crippen LogP contribution in [0.5, 0.6) is 0 Å². The molecule has 1 saturated carbocycles. The monoisotopic (exact) mass is 177 g/mol. The fourth-order valence-electron chi connectivity index (χ4n) is 1.93. The van der Waals surface area contributed by atoms with Crippen molar-refractivity contribution >= 4 is 12.4 Å². The standard InChI is InChI=1S/C8H15NO.ClH/c9-7-1-3-8(4-2-7)5-10-6-8;/h7H,1-6,9H2;1H. The molecule has 0 aromatic heterocycles. The fourth-order valence-corrected chi connectivity index (χ4v) is 1.93. The van der Waals surface area contributed by atoms with Crippen molar-refractivity contribution in [2.75, 3.05) is 13.2 Å². The van der Waals surface area contributed by atoms with Gasteiger partial charge in [-0.3, -0.25) is 0 Å². The van der Waals surface area contributed by atoms with Crippen LogP contribution in [0.1, 0.15) is 25.7 Å². The first-order chi connectivity index (χ1) is 4.81. The number of hydrogen-bond acceptors (Lipinski definition) is 2. The second-order valence-electron chi connectivity index (χ2n) is 3.83. The summed E-state index contributed by atoms with van der Waals surface area (Å²) in [4.78, 5) is 0. The van der Waals surface area contributed by atoms with Gasteiger partial charge in [-0.2, -0.15) is 0 Å². The van der Waals surface area contributed by atoms with Gasteiger partial charge in [-0.05, 0) is 25.7 Å². The van der Waals surface area contributed by atoms with Crippen LogP contribution in [-0.2, 0) is 4.74 Å². The van der Waals surface area contributed by atoms with Crippen molar-refractivity contribution in [3.63, 3.8) is 0 Å². The summed E-state index contributed by atoms with van der Waals surface area (Å²) in [5.41, 5.74) is 6.37. The number of halogens is 1. The van der Waals surface area contributed by atoms with Gasteiger partial charge in [0, 0.05) is 11.5 Å². The molecule has 1 spiro atoms. The summed E-state index contributed by atoms with van der Waals surface area (Å²) in [5.74, 6) is 0. The van der Waals surface area contributed by atoms with Gasteiger partial charge in [0.05, 0.1) is 13.2 Å².